The molecule has 150 valence electrons. The van der Waals surface area contributed by atoms with Crippen LogP contribution < -0.4 is 5.32 Å². The number of carboxylic acids is 1. The van der Waals surface area contributed by atoms with Crippen molar-refractivity contribution >= 4 is 12.1 Å². The zero-order valence-corrected chi connectivity index (χ0v) is 16.3. The van der Waals surface area contributed by atoms with Crippen LogP contribution in [0.2, 0.25) is 0 Å². The lowest BCUT2D eigenvalue weighted by Gasteiger charge is -2.42. The van der Waals surface area contributed by atoms with Gasteiger partial charge in [0.15, 0.2) is 0 Å². The van der Waals surface area contributed by atoms with Gasteiger partial charge in [0.25, 0.3) is 0 Å². The van der Waals surface area contributed by atoms with E-state index in [4.69, 9.17) is 4.74 Å². The van der Waals surface area contributed by atoms with Crippen molar-refractivity contribution in [3.8, 4) is 11.1 Å². The van der Waals surface area contributed by atoms with E-state index in [2.05, 4.69) is 29.6 Å². The molecule has 3 aliphatic carbocycles. The lowest BCUT2D eigenvalue weighted by molar-refractivity contribution is -0.139. The molecular formula is C24H25NO4. The third-order valence-electron chi connectivity index (χ3n) is 7.25. The molecule has 2 N–H and O–H groups in total. The van der Waals surface area contributed by atoms with E-state index in [0.29, 0.717) is 5.92 Å². The van der Waals surface area contributed by atoms with Crippen LogP contribution in [0.15, 0.2) is 48.5 Å². The number of amides is 1. The van der Waals surface area contributed by atoms with Crippen molar-refractivity contribution in [2.24, 2.45) is 11.8 Å². The highest BCUT2D eigenvalue weighted by atomic mass is 16.5. The molecular weight excluding hydrogens is 366 g/mol. The molecule has 0 aliphatic heterocycles. The number of alkyl carbamates (subject to hydrolysis) is 1. The number of aliphatic carboxylic acids is 1. The van der Waals surface area contributed by atoms with Gasteiger partial charge in [-0.3, -0.25) is 4.79 Å². The minimum atomic E-state index is -0.864. The fourth-order valence-electron chi connectivity index (χ4n) is 5.80. The fraction of sp³-hybridized carbons (Fsp3) is 0.417. The van der Waals surface area contributed by atoms with E-state index in [1.54, 1.807) is 0 Å². The Morgan fingerprint density at radius 2 is 1.66 bits per heavy atom. The third kappa shape index (κ3) is 3.00. The number of ether oxygens (including phenoxy) is 1. The Morgan fingerprint density at radius 3 is 2.21 bits per heavy atom. The minimum Gasteiger partial charge on any atom is -0.481 e. The van der Waals surface area contributed by atoms with E-state index in [0.717, 1.165) is 25.7 Å². The molecule has 0 saturated heterocycles. The molecule has 2 fully saturated rings. The van der Waals surface area contributed by atoms with Gasteiger partial charge in [-0.15, -0.1) is 0 Å². The van der Waals surface area contributed by atoms with Gasteiger partial charge in [-0.25, -0.2) is 4.79 Å². The molecule has 3 atom stereocenters. The van der Waals surface area contributed by atoms with Gasteiger partial charge in [-0.2, -0.15) is 0 Å². The van der Waals surface area contributed by atoms with Crippen LogP contribution in [-0.2, 0) is 9.53 Å². The molecule has 2 aromatic carbocycles. The lowest BCUT2D eigenvalue weighted by Crippen LogP contribution is -2.55. The van der Waals surface area contributed by atoms with Gasteiger partial charge in [-0.05, 0) is 59.8 Å². The molecule has 29 heavy (non-hydrogen) atoms. The van der Waals surface area contributed by atoms with E-state index in [9.17, 15) is 14.7 Å². The average Bonchev–Trinajstić information content (AvgIpc) is 3.10. The molecule has 5 rings (SSSR count). The monoisotopic (exact) mass is 391 g/mol. The molecule has 3 unspecified atom stereocenters. The van der Waals surface area contributed by atoms with Crippen molar-refractivity contribution in [2.45, 2.75) is 43.6 Å². The van der Waals surface area contributed by atoms with Crippen molar-refractivity contribution in [2.75, 3.05) is 6.61 Å². The van der Waals surface area contributed by atoms with Crippen LogP contribution in [0.25, 0.3) is 11.1 Å². The second-order valence-electron chi connectivity index (χ2n) is 8.66. The van der Waals surface area contributed by atoms with Crippen molar-refractivity contribution < 1.29 is 19.4 Å². The largest absolute Gasteiger partial charge is 0.481 e. The van der Waals surface area contributed by atoms with Gasteiger partial charge in [0, 0.05) is 5.92 Å². The van der Waals surface area contributed by atoms with Gasteiger partial charge in [-0.1, -0.05) is 48.5 Å². The Hall–Kier alpha value is -2.82. The Bertz CT molecular complexity index is 925. The zero-order valence-electron chi connectivity index (χ0n) is 16.3. The molecule has 0 heterocycles. The molecule has 0 spiro atoms. The topological polar surface area (TPSA) is 75.6 Å². The van der Waals surface area contributed by atoms with Crippen LogP contribution in [0.4, 0.5) is 4.79 Å². The van der Waals surface area contributed by atoms with Crippen molar-refractivity contribution in [3.05, 3.63) is 59.7 Å². The quantitative estimate of drug-likeness (QED) is 0.784. The number of hydrogen-bond donors (Lipinski definition) is 2. The number of carbonyl (C=O) groups excluding carboxylic acids is 1. The van der Waals surface area contributed by atoms with Crippen molar-refractivity contribution in [1.82, 2.24) is 5.32 Å². The summed E-state index contributed by atoms with van der Waals surface area (Å²) in [6, 6.07) is 16.4. The number of benzene rings is 2. The summed E-state index contributed by atoms with van der Waals surface area (Å²) in [5.74, 6) is -0.0533. The maximum Gasteiger partial charge on any atom is 0.407 e. The van der Waals surface area contributed by atoms with Crippen LogP contribution >= 0.6 is 0 Å². The predicted octanol–water partition coefficient (Wildman–Crippen LogP) is 4.56. The number of carbonyl (C=O) groups is 2. The van der Waals surface area contributed by atoms with E-state index >= 15 is 0 Å². The lowest BCUT2D eigenvalue weighted by atomic mass is 9.68. The first-order chi connectivity index (χ1) is 14.1. The summed E-state index contributed by atoms with van der Waals surface area (Å²) in [6.45, 7) is 0.247. The normalized spacial score (nSPS) is 26.8. The second-order valence-corrected chi connectivity index (χ2v) is 8.66. The molecule has 2 aromatic rings. The summed E-state index contributed by atoms with van der Waals surface area (Å²) in [4.78, 5) is 24.2. The SMILES string of the molecule is O=C(O)CC1(NC(=O)OCC2c3ccccc3-c3ccccc32)CCC2CCC21. The summed E-state index contributed by atoms with van der Waals surface area (Å²) in [5, 5.41) is 12.4. The first kappa shape index (κ1) is 18.2. The molecule has 1 amide bonds. The molecule has 3 aliphatic rings. The maximum atomic E-state index is 12.7. The summed E-state index contributed by atoms with van der Waals surface area (Å²) in [5.41, 5.74) is 4.06. The summed E-state index contributed by atoms with van der Waals surface area (Å²) >= 11 is 0. The Balaban J connectivity index is 1.31. The van der Waals surface area contributed by atoms with Crippen molar-refractivity contribution in [3.63, 3.8) is 0 Å². The van der Waals surface area contributed by atoms with E-state index in [1.165, 1.54) is 22.3 Å². The first-order valence-corrected chi connectivity index (χ1v) is 10.4. The van der Waals surface area contributed by atoms with E-state index in [-0.39, 0.29) is 24.9 Å². The van der Waals surface area contributed by atoms with Crippen LogP contribution in [0.5, 0.6) is 0 Å². The predicted molar refractivity (Wildman–Crippen MR) is 109 cm³/mol. The number of hydrogen-bond acceptors (Lipinski definition) is 3. The molecule has 0 bridgehead atoms. The van der Waals surface area contributed by atoms with Crippen LogP contribution in [0.3, 0.4) is 0 Å². The van der Waals surface area contributed by atoms with Gasteiger partial charge >= 0.3 is 12.1 Å². The van der Waals surface area contributed by atoms with E-state index < -0.39 is 17.6 Å². The first-order valence-electron chi connectivity index (χ1n) is 10.4. The Morgan fingerprint density at radius 1 is 1.00 bits per heavy atom. The van der Waals surface area contributed by atoms with Crippen LogP contribution in [0, 0.1) is 11.8 Å². The Labute approximate surface area is 170 Å². The fourth-order valence-corrected chi connectivity index (χ4v) is 5.80. The average molecular weight is 391 g/mol. The highest BCUT2D eigenvalue weighted by Crippen LogP contribution is 2.54. The molecule has 2 saturated carbocycles. The maximum absolute atomic E-state index is 12.7. The Kier molecular flexibility index (Phi) is 4.34. The van der Waals surface area contributed by atoms with Crippen LogP contribution in [-0.4, -0.2) is 29.3 Å². The zero-order chi connectivity index (χ0) is 20.0. The number of fused-ring (bicyclic) bond motifs is 4. The molecule has 0 aromatic heterocycles. The smallest absolute Gasteiger partial charge is 0.407 e. The minimum absolute atomic E-state index is 0.00334. The van der Waals surface area contributed by atoms with E-state index in [1.807, 2.05) is 24.3 Å². The van der Waals surface area contributed by atoms with Gasteiger partial charge < -0.3 is 15.2 Å². The molecule has 0 radical (unpaired) electrons. The van der Waals surface area contributed by atoms with Gasteiger partial charge in [0.05, 0.1) is 12.0 Å². The van der Waals surface area contributed by atoms with Gasteiger partial charge in [0.2, 0.25) is 0 Å². The standard InChI is InChI=1S/C24H25NO4/c26-22(27)13-24(12-11-15-9-10-21(15)24)25-23(28)29-14-20-18-7-3-1-5-16(18)17-6-2-4-8-19(17)20/h1-8,15,20-21H,9-14H2,(H,25,28)(H,26,27). The molecule has 5 nitrogen and oxygen atoms in total. The third-order valence-corrected chi connectivity index (χ3v) is 7.25. The number of rotatable bonds is 5. The highest BCUT2D eigenvalue weighted by molar-refractivity contribution is 5.79. The number of nitrogens with one attached hydrogen (secondary N) is 1. The van der Waals surface area contributed by atoms with Crippen LogP contribution in [0.1, 0.15) is 49.1 Å². The second kappa shape index (κ2) is 6.90. The summed E-state index contributed by atoms with van der Waals surface area (Å²) < 4.78 is 5.67. The highest BCUT2D eigenvalue weighted by Gasteiger charge is 2.54. The molecule has 5 heteroatoms. The van der Waals surface area contributed by atoms with Gasteiger partial charge in [0.1, 0.15) is 6.61 Å². The summed E-state index contributed by atoms with van der Waals surface area (Å²) in [6.07, 6.45) is 3.30. The van der Waals surface area contributed by atoms with Crippen molar-refractivity contribution in [1.29, 1.82) is 0 Å². The number of carboxylic acid groups (broad SMARTS) is 1. The summed E-state index contributed by atoms with van der Waals surface area (Å²) in [7, 11) is 0.